The topological polar surface area (TPSA) is 94.2 Å². The van der Waals surface area contributed by atoms with Gasteiger partial charge in [-0.15, -0.1) is 0 Å². The second-order valence-electron chi connectivity index (χ2n) is 7.65. The van der Waals surface area contributed by atoms with Crippen LogP contribution in [-0.4, -0.2) is 68.8 Å². The summed E-state index contributed by atoms with van der Waals surface area (Å²) in [6, 6.07) is 5.46. The first-order valence-electron chi connectivity index (χ1n) is 9.71. The summed E-state index contributed by atoms with van der Waals surface area (Å²) < 4.78 is 39.7. The van der Waals surface area contributed by atoms with Gasteiger partial charge in [0.2, 0.25) is 6.79 Å². The van der Waals surface area contributed by atoms with Crippen LogP contribution < -0.4 is 19.5 Å². The number of hydrogen-bond donors (Lipinski definition) is 1. The highest BCUT2D eigenvalue weighted by Crippen LogP contribution is 2.35. The van der Waals surface area contributed by atoms with Gasteiger partial charge in [-0.05, 0) is 38.3 Å². The van der Waals surface area contributed by atoms with E-state index in [1.54, 1.807) is 25.1 Å². The van der Waals surface area contributed by atoms with Gasteiger partial charge >= 0.3 is 0 Å². The zero-order chi connectivity index (χ0) is 19.7. The molecule has 9 heteroatoms. The third-order valence-electron chi connectivity index (χ3n) is 5.63. The Labute approximate surface area is 165 Å². The molecule has 0 bridgehead atoms. The molecule has 2 fully saturated rings. The predicted molar refractivity (Wildman–Crippen MR) is 102 cm³/mol. The largest absolute Gasteiger partial charge is 0.481 e. The molecule has 0 radical (unpaired) electrons. The van der Waals surface area contributed by atoms with E-state index in [4.69, 9.17) is 14.2 Å². The van der Waals surface area contributed by atoms with E-state index in [0.717, 1.165) is 32.4 Å². The average Bonchev–Trinajstić information content (AvgIpc) is 3.27. The monoisotopic (exact) mass is 410 g/mol. The van der Waals surface area contributed by atoms with Crippen molar-refractivity contribution in [3.63, 3.8) is 0 Å². The Morgan fingerprint density at radius 2 is 1.96 bits per heavy atom. The van der Waals surface area contributed by atoms with Crippen LogP contribution in [0.2, 0.25) is 0 Å². The number of nitrogens with one attached hydrogen (secondary N) is 1. The molecule has 3 aliphatic rings. The van der Waals surface area contributed by atoms with Crippen molar-refractivity contribution >= 4 is 15.7 Å². The second-order valence-corrected chi connectivity index (χ2v) is 9.88. The van der Waals surface area contributed by atoms with Crippen molar-refractivity contribution < 1.29 is 27.4 Å². The number of piperidine rings is 1. The summed E-state index contributed by atoms with van der Waals surface area (Å²) in [5, 5.41) is 3.05. The van der Waals surface area contributed by atoms with Crippen molar-refractivity contribution in [2.45, 2.75) is 44.4 Å². The van der Waals surface area contributed by atoms with Crippen LogP contribution in [0.25, 0.3) is 0 Å². The number of benzene rings is 1. The molecule has 8 nitrogen and oxygen atoms in total. The summed E-state index contributed by atoms with van der Waals surface area (Å²) in [5.41, 5.74) is 0. The number of fused-ring (bicyclic) bond motifs is 1. The minimum absolute atomic E-state index is 0.0876. The highest BCUT2D eigenvalue weighted by atomic mass is 32.2. The Morgan fingerprint density at radius 3 is 2.68 bits per heavy atom. The van der Waals surface area contributed by atoms with E-state index in [9.17, 15) is 13.2 Å². The fourth-order valence-corrected chi connectivity index (χ4v) is 5.76. The van der Waals surface area contributed by atoms with Gasteiger partial charge in [0.15, 0.2) is 27.4 Å². The molecular formula is C19H26N2O6S. The van der Waals surface area contributed by atoms with E-state index in [1.165, 1.54) is 0 Å². The number of carbonyl (C=O) groups excluding carboxylic acids is 1. The van der Waals surface area contributed by atoms with Crippen LogP contribution in [0, 0.1) is 0 Å². The summed E-state index contributed by atoms with van der Waals surface area (Å²) in [6.07, 6.45) is 1.73. The molecule has 2 atom stereocenters. The fourth-order valence-electron chi connectivity index (χ4n) is 4.00. The second kappa shape index (κ2) is 7.79. The maximum absolute atomic E-state index is 12.5. The quantitative estimate of drug-likeness (QED) is 0.772. The van der Waals surface area contributed by atoms with Crippen LogP contribution in [0.15, 0.2) is 18.2 Å². The molecule has 3 aliphatic heterocycles. The molecule has 0 saturated carbocycles. The number of rotatable bonds is 5. The molecule has 0 aliphatic carbocycles. The Kier molecular flexibility index (Phi) is 5.37. The molecule has 0 spiro atoms. The molecule has 1 N–H and O–H groups in total. The SMILES string of the molecule is C[C@H](Oc1ccc2c(c1)OCO2)C(=O)NC1CCN([C@@H]2CCS(=O)(=O)C2)CC1. The molecule has 1 amide bonds. The predicted octanol–water partition coefficient (Wildman–Crippen LogP) is 0.950. The highest BCUT2D eigenvalue weighted by Gasteiger charge is 2.34. The Hall–Kier alpha value is -2.00. The van der Waals surface area contributed by atoms with Gasteiger partial charge in [0.05, 0.1) is 11.5 Å². The lowest BCUT2D eigenvalue weighted by Gasteiger charge is -2.36. The summed E-state index contributed by atoms with van der Waals surface area (Å²) in [7, 11) is -2.87. The summed E-state index contributed by atoms with van der Waals surface area (Å²) in [4.78, 5) is 14.7. The van der Waals surface area contributed by atoms with Crippen molar-refractivity contribution in [1.82, 2.24) is 10.2 Å². The van der Waals surface area contributed by atoms with E-state index in [-0.39, 0.29) is 30.5 Å². The van der Waals surface area contributed by atoms with Crippen molar-refractivity contribution in [2.75, 3.05) is 31.4 Å². The van der Waals surface area contributed by atoms with Gasteiger partial charge < -0.3 is 19.5 Å². The van der Waals surface area contributed by atoms with Crippen molar-refractivity contribution in [2.24, 2.45) is 0 Å². The Bertz CT molecular complexity index is 835. The van der Waals surface area contributed by atoms with Gasteiger partial charge in [-0.2, -0.15) is 0 Å². The molecule has 154 valence electrons. The number of likely N-dealkylation sites (tertiary alicyclic amines) is 1. The van der Waals surface area contributed by atoms with E-state index in [1.807, 2.05) is 0 Å². The van der Waals surface area contributed by atoms with Crippen LogP contribution in [0.3, 0.4) is 0 Å². The first kappa shape index (κ1) is 19.3. The van der Waals surface area contributed by atoms with Crippen LogP contribution in [0.4, 0.5) is 0 Å². The van der Waals surface area contributed by atoms with Crippen LogP contribution in [0.1, 0.15) is 26.2 Å². The lowest BCUT2D eigenvalue weighted by atomic mass is 10.0. The maximum atomic E-state index is 12.5. The van der Waals surface area contributed by atoms with E-state index < -0.39 is 15.9 Å². The van der Waals surface area contributed by atoms with Gasteiger partial charge in [-0.1, -0.05) is 0 Å². The zero-order valence-electron chi connectivity index (χ0n) is 15.9. The van der Waals surface area contributed by atoms with Gasteiger partial charge in [-0.25, -0.2) is 8.42 Å². The standard InChI is InChI=1S/C19H26N2O6S/c1-13(27-16-2-3-17-18(10-16)26-12-25-17)19(22)20-14-4-7-21(8-5-14)15-6-9-28(23,24)11-15/h2-3,10,13-15H,4-9,11-12H2,1H3,(H,20,22)/t13-,15+/m0/s1. The van der Waals surface area contributed by atoms with E-state index in [2.05, 4.69) is 10.2 Å². The molecule has 1 aromatic rings. The normalized spacial score (nSPS) is 25.4. The number of sulfone groups is 1. The van der Waals surface area contributed by atoms with Gasteiger partial charge in [0.25, 0.3) is 5.91 Å². The number of amides is 1. The molecule has 3 heterocycles. The smallest absolute Gasteiger partial charge is 0.260 e. The fraction of sp³-hybridized carbons (Fsp3) is 0.632. The average molecular weight is 410 g/mol. The molecule has 2 saturated heterocycles. The first-order valence-corrected chi connectivity index (χ1v) is 11.5. The minimum atomic E-state index is -2.87. The maximum Gasteiger partial charge on any atom is 0.260 e. The third-order valence-corrected chi connectivity index (χ3v) is 7.38. The van der Waals surface area contributed by atoms with Gasteiger partial charge in [-0.3, -0.25) is 9.69 Å². The molecule has 0 aromatic heterocycles. The Balaban J connectivity index is 1.24. The van der Waals surface area contributed by atoms with E-state index in [0.29, 0.717) is 23.0 Å². The van der Waals surface area contributed by atoms with Crippen molar-refractivity contribution in [3.05, 3.63) is 18.2 Å². The van der Waals surface area contributed by atoms with Crippen LogP contribution in [0.5, 0.6) is 17.2 Å². The Morgan fingerprint density at radius 1 is 1.21 bits per heavy atom. The first-order chi connectivity index (χ1) is 13.4. The summed E-state index contributed by atoms with van der Waals surface area (Å²) in [5.74, 6) is 2.26. The highest BCUT2D eigenvalue weighted by molar-refractivity contribution is 7.91. The summed E-state index contributed by atoms with van der Waals surface area (Å²) >= 11 is 0. The van der Waals surface area contributed by atoms with E-state index >= 15 is 0 Å². The lowest BCUT2D eigenvalue weighted by Crippen LogP contribution is -2.50. The number of hydrogen-bond acceptors (Lipinski definition) is 7. The van der Waals surface area contributed by atoms with Crippen molar-refractivity contribution in [3.8, 4) is 17.2 Å². The van der Waals surface area contributed by atoms with Crippen LogP contribution >= 0.6 is 0 Å². The molecule has 1 aromatic carbocycles. The molecule has 0 unspecified atom stereocenters. The van der Waals surface area contributed by atoms with Gasteiger partial charge in [0.1, 0.15) is 5.75 Å². The van der Waals surface area contributed by atoms with Gasteiger partial charge in [0, 0.05) is 31.2 Å². The van der Waals surface area contributed by atoms with Crippen molar-refractivity contribution in [1.29, 1.82) is 0 Å². The minimum Gasteiger partial charge on any atom is -0.481 e. The lowest BCUT2D eigenvalue weighted by molar-refractivity contribution is -0.128. The summed E-state index contributed by atoms with van der Waals surface area (Å²) in [6.45, 7) is 3.53. The number of nitrogens with zero attached hydrogens (tertiary/aromatic N) is 1. The zero-order valence-corrected chi connectivity index (χ0v) is 16.7. The number of ether oxygens (including phenoxy) is 3. The third kappa shape index (κ3) is 4.35. The molecule has 28 heavy (non-hydrogen) atoms. The molecular weight excluding hydrogens is 384 g/mol. The number of carbonyl (C=O) groups is 1. The molecule has 4 rings (SSSR count). The van der Waals surface area contributed by atoms with Crippen LogP contribution in [-0.2, 0) is 14.6 Å².